The maximum absolute atomic E-state index is 8.97. The zero-order chi connectivity index (χ0) is 15.1. The normalized spacial score (nSPS) is 17.5. The van der Waals surface area contributed by atoms with Crippen LogP contribution in [0.15, 0.2) is 18.3 Å². The molecule has 1 aromatic rings. The zero-order valence-electron chi connectivity index (χ0n) is 13.5. The number of aliphatic hydroxyl groups is 1. The molecular weight excluding hydrogens is 262 g/mol. The largest absolute Gasteiger partial charge is 0.395 e. The van der Waals surface area contributed by atoms with E-state index in [1.54, 1.807) is 0 Å². The molecule has 0 radical (unpaired) electrons. The van der Waals surface area contributed by atoms with Gasteiger partial charge in [-0.15, -0.1) is 0 Å². The van der Waals surface area contributed by atoms with E-state index < -0.39 is 0 Å². The van der Waals surface area contributed by atoms with Crippen LogP contribution in [0.5, 0.6) is 0 Å². The Morgan fingerprint density at radius 1 is 1.10 bits per heavy atom. The van der Waals surface area contributed by atoms with Gasteiger partial charge >= 0.3 is 0 Å². The van der Waals surface area contributed by atoms with E-state index >= 15 is 0 Å². The molecule has 21 heavy (non-hydrogen) atoms. The molecule has 1 fully saturated rings. The third kappa shape index (κ3) is 4.77. The minimum Gasteiger partial charge on any atom is -0.395 e. The average Bonchev–Trinajstić information content (AvgIpc) is 2.52. The second-order valence-corrected chi connectivity index (χ2v) is 5.95. The molecule has 0 bridgehead atoms. The molecule has 0 unspecified atom stereocenters. The van der Waals surface area contributed by atoms with E-state index in [1.807, 2.05) is 6.20 Å². The lowest BCUT2D eigenvalue weighted by Gasteiger charge is -2.34. The van der Waals surface area contributed by atoms with Crippen molar-refractivity contribution in [3.63, 3.8) is 0 Å². The van der Waals surface area contributed by atoms with Crippen LogP contribution < -0.4 is 0 Å². The summed E-state index contributed by atoms with van der Waals surface area (Å²) in [5.41, 5.74) is 2.54. The molecule has 2 rings (SSSR count). The Morgan fingerprint density at radius 3 is 2.29 bits per heavy atom. The molecule has 4 nitrogen and oxygen atoms in total. The van der Waals surface area contributed by atoms with Crippen LogP contribution in [0.25, 0.3) is 0 Å². The number of aromatic nitrogens is 1. The van der Waals surface area contributed by atoms with Crippen molar-refractivity contribution in [3.05, 3.63) is 29.6 Å². The molecule has 1 aliphatic heterocycles. The van der Waals surface area contributed by atoms with Crippen LogP contribution in [-0.4, -0.2) is 59.2 Å². The van der Waals surface area contributed by atoms with Crippen molar-refractivity contribution in [1.82, 2.24) is 14.8 Å². The number of β-amino-alcohol motifs (C(OH)–C–C–N with tert-alkyl or cyclic N) is 1. The van der Waals surface area contributed by atoms with Crippen LogP contribution in [0.4, 0.5) is 0 Å². The van der Waals surface area contributed by atoms with E-state index in [0.717, 1.165) is 52.1 Å². The van der Waals surface area contributed by atoms with E-state index in [9.17, 15) is 0 Å². The fraction of sp³-hybridized carbons (Fsp3) is 0.706. The Hall–Kier alpha value is -0.970. The van der Waals surface area contributed by atoms with Crippen molar-refractivity contribution in [1.29, 1.82) is 0 Å². The Balaban J connectivity index is 1.84. The van der Waals surface area contributed by atoms with Gasteiger partial charge in [-0.3, -0.25) is 14.8 Å². The number of piperazine rings is 1. The predicted octanol–water partition coefficient (Wildman–Crippen LogP) is 2.10. The molecule has 0 atom stereocenters. The molecule has 1 aromatic heterocycles. The fourth-order valence-corrected chi connectivity index (χ4v) is 3.05. The molecule has 2 heterocycles. The summed E-state index contributed by atoms with van der Waals surface area (Å²) >= 11 is 0. The summed E-state index contributed by atoms with van der Waals surface area (Å²) in [6.45, 7) is 10.8. The summed E-state index contributed by atoms with van der Waals surface area (Å²) in [5, 5.41) is 8.97. The van der Waals surface area contributed by atoms with E-state index in [2.05, 4.69) is 40.8 Å². The van der Waals surface area contributed by atoms with Crippen molar-refractivity contribution >= 4 is 0 Å². The smallest absolute Gasteiger partial charge is 0.0558 e. The van der Waals surface area contributed by atoms with Crippen LogP contribution in [0.1, 0.15) is 43.9 Å². The van der Waals surface area contributed by atoms with Gasteiger partial charge in [0.25, 0.3) is 0 Å². The Morgan fingerprint density at radius 2 is 1.76 bits per heavy atom. The van der Waals surface area contributed by atoms with Crippen LogP contribution in [0.2, 0.25) is 0 Å². The monoisotopic (exact) mass is 291 g/mol. The van der Waals surface area contributed by atoms with Crippen LogP contribution in [0, 0.1) is 0 Å². The highest BCUT2D eigenvalue weighted by atomic mass is 16.3. The first kappa shape index (κ1) is 16.4. The standard InChI is InChI=1S/C17H29N3O/c1-3-16(4-2)17-6-5-15(13-18-17)14-20-9-7-19(8-10-20)11-12-21/h5-6,13,16,21H,3-4,7-12,14H2,1-2H3. The number of hydrogen-bond acceptors (Lipinski definition) is 4. The van der Waals surface area contributed by atoms with Crippen LogP contribution in [-0.2, 0) is 6.54 Å². The van der Waals surface area contributed by atoms with E-state index in [4.69, 9.17) is 5.11 Å². The van der Waals surface area contributed by atoms with Crippen molar-refractivity contribution < 1.29 is 5.11 Å². The summed E-state index contributed by atoms with van der Waals surface area (Å²) in [4.78, 5) is 9.46. The van der Waals surface area contributed by atoms with Gasteiger partial charge in [0.05, 0.1) is 6.61 Å². The minimum atomic E-state index is 0.265. The molecule has 0 amide bonds. The second-order valence-electron chi connectivity index (χ2n) is 5.95. The van der Waals surface area contributed by atoms with Gasteiger partial charge in [0.15, 0.2) is 0 Å². The molecule has 1 aliphatic rings. The molecular formula is C17H29N3O. The maximum atomic E-state index is 8.97. The van der Waals surface area contributed by atoms with Gasteiger partial charge in [0.1, 0.15) is 0 Å². The first-order valence-electron chi connectivity index (χ1n) is 8.27. The van der Waals surface area contributed by atoms with Gasteiger partial charge in [-0.05, 0) is 24.5 Å². The van der Waals surface area contributed by atoms with Gasteiger partial charge in [-0.2, -0.15) is 0 Å². The number of rotatable bonds is 7. The van der Waals surface area contributed by atoms with Crippen molar-refractivity contribution in [2.45, 2.75) is 39.2 Å². The highest BCUT2D eigenvalue weighted by molar-refractivity contribution is 5.17. The second kappa shape index (κ2) is 8.47. The SMILES string of the molecule is CCC(CC)c1ccc(CN2CCN(CCO)CC2)cn1. The quantitative estimate of drug-likeness (QED) is 0.835. The summed E-state index contributed by atoms with van der Waals surface area (Å²) < 4.78 is 0. The van der Waals surface area contributed by atoms with Gasteiger partial charge in [0, 0.05) is 57.1 Å². The fourth-order valence-electron chi connectivity index (χ4n) is 3.05. The summed E-state index contributed by atoms with van der Waals surface area (Å²) in [6, 6.07) is 4.44. The first-order chi connectivity index (χ1) is 10.3. The molecule has 4 heteroatoms. The summed E-state index contributed by atoms with van der Waals surface area (Å²) in [7, 11) is 0. The molecule has 0 aromatic carbocycles. The highest BCUT2D eigenvalue weighted by Crippen LogP contribution is 2.21. The van der Waals surface area contributed by atoms with Gasteiger partial charge in [-0.1, -0.05) is 19.9 Å². The number of aliphatic hydroxyl groups excluding tert-OH is 1. The van der Waals surface area contributed by atoms with E-state index in [1.165, 1.54) is 11.3 Å². The molecule has 0 spiro atoms. The Labute approximate surface area is 128 Å². The molecule has 1 N–H and O–H groups in total. The summed E-state index contributed by atoms with van der Waals surface area (Å²) in [6.07, 6.45) is 4.37. The maximum Gasteiger partial charge on any atom is 0.0558 e. The lowest BCUT2D eigenvalue weighted by atomic mass is 9.98. The Kier molecular flexibility index (Phi) is 6.61. The van der Waals surface area contributed by atoms with Gasteiger partial charge in [0.2, 0.25) is 0 Å². The average molecular weight is 291 g/mol. The molecule has 118 valence electrons. The third-order valence-electron chi connectivity index (χ3n) is 4.54. The van der Waals surface area contributed by atoms with Gasteiger partial charge < -0.3 is 5.11 Å². The first-order valence-corrected chi connectivity index (χ1v) is 8.27. The van der Waals surface area contributed by atoms with Crippen molar-refractivity contribution in [3.8, 4) is 0 Å². The number of pyridine rings is 1. The van der Waals surface area contributed by atoms with E-state index in [0.29, 0.717) is 5.92 Å². The third-order valence-corrected chi connectivity index (χ3v) is 4.54. The lowest BCUT2D eigenvalue weighted by Crippen LogP contribution is -2.46. The van der Waals surface area contributed by atoms with Crippen molar-refractivity contribution in [2.24, 2.45) is 0 Å². The number of hydrogen-bond donors (Lipinski definition) is 1. The lowest BCUT2D eigenvalue weighted by molar-refractivity contribution is 0.108. The zero-order valence-corrected chi connectivity index (χ0v) is 13.5. The topological polar surface area (TPSA) is 39.6 Å². The molecule has 0 saturated carbocycles. The Bertz CT molecular complexity index is 395. The molecule has 0 aliphatic carbocycles. The molecule has 1 saturated heterocycles. The van der Waals surface area contributed by atoms with Crippen molar-refractivity contribution in [2.75, 3.05) is 39.3 Å². The van der Waals surface area contributed by atoms with Crippen LogP contribution in [0.3, 0.4) is 0 Å². The van der Waals surface area contributed by atoms with Crippen LogP contribution >= 0.6 is 0 Å². The number of nitrogens with zero attached hydrogens (tertiary/aromatic N) is 3. The summed E-state index contributed by atoms with van der Waals surface area (Å²) in [5.74, 6) is 0.598. The van der Waals surface area contributed by atoms with E-state index in [-0.39, 0.29) is 6.61 Å². The minimum absolute atomic E-state index is 0.265. The van der Waals surface area contributed by atoms with Gasteiger partial charge in [-0.25, -0.2) is 0 Å². The highest BCUT2D eigenvalue weighted by Gasteiger charge is 2.16. The predicted molar refractivity (Wildman–Crippen MR) is 86.4 cm³/mol.